The van der Waals surface area contributed by atoms with E-state index in [-0.39, 0.29) is 145 Å². The van der Waals surface area contributed by atoms with Crippen molar-refractivity contribution in [3.63, 3.8) is 0 Å². The number of hydrazine groups is 1. The van der Waals surface area contributed by atoms with Gasteiger partial charge in [0.05, 0.1) is 115 Å². The first-order chi connectivity index (χ1) is 43.8. The Kier molecular flexibility index (Phi) is 37.2. The van der Waals surface area contributed by atoms with Crippen molar-refractivity contribution >= 4 is 89.8 Å². The van der Waals surface area contributed by atoms with E-state index in [4.69, 9.17) is 44.5 Å². The van der Waals surface area contributed by atoms with Gasteiger partial charge in [0, 0.05) is 97.0 Å². The van der Waals surface area contributed by atoms with Crippen LogP contribution in [0.2, 0.25) is 0 Å². The molecule has 2 aromatic carbocycles. The number of carbonyl (C=O) groups is 9. The van der Waals surface area contributed by atoms with Gasteiger partial charge in [0.25, 0.3) is 0 Å². The van der Waals surface area contributed by atoms with Gasteiger partial charge < -0.3 is 75.8 Å². The molecule has 0 saturated carbocycles. The van der Waals surface area contributed by atoms with E-state index in [1.54, 1.807) is 53.4 Å². The highest BCUT2D eigenvalue weighted by Crippen LogP contribution is 2.42. The summed E-state index contributed by atoms with van der Waals surface area (Å²) in [5, 5.41) is 16.9. The molecule has 2 aliphatic heterocycles. The lowest BCUT2D eigenvalue weighted by Gasteiger charge is -2.33. The number of carbonyl (C=O) groups excluding carboxylic acids is 9. The number of benzene rings is 2. The second-order valence-corrected chi connectivity index (χ2v) is 23.6. The van der Waals surface area contributed by atoms with Crippen molar-refractivity contribution in [3.8, 4) is 0 Å². The Labute approximate surface area is 535 Å². The number of unbranched alkanes of at least 4 members (excludes halogenated alkanes) is 3. The van der Waals surface area contributed by atoms with Crippen LogP contribution in [0.25, 0.3) is 11.4 Å². The maximum absolute atomic E-state index is 14.2. The molecule has 2 heterocycles. The number of anilines is 1. The van der Waals surface area contributed by atoms with Crippen molar-refractivity contribution in [1.29, 1.82) is 0 Å². The first-order valence-corrected chi connectivity index (χ1v) is 32.9. The van der Waals surface area contributed by atoms with Crippen LogP contribution in [0.4, 0.5) is 5.69 Å². The number of fused-ring (bicyclic) bond motifs is 2. The maximum Gasteiger partial charge on any atom is 0.471 e. The molecule has 0 aliphatic carbocycles. The number of nitrogens with two attached hydrogens (primary N) is 2. The summed E-state index contributed by atoms with van der Waals surface area (Å²) >= 11 is 1.38. The minimum absolute atomic E-state index is 0.0296. The number of nitrogens with zero attached hydrogens (tertiary/aromatic N) is 3. The van der Waals surface area contributed by atoms with Crippen LogP contribution in [-0.2, 0) is 91.7 Å². The standard InChI is InChI=1S/C59H92N11O19PS/c1-43(71)62-21-27-83-31-35-87-37-33-85-29-23-65-51(73)17-16-48(58(78)66-24-30-86-34-38-88-36-32-84-28-22-63-44(2)72)67-53(75)42-70(61)57-46-13-7-6-12-45(46)41-69(49-15-9-8-14-47(49)56(57)60)54(76)18-20-64-52(74)19-25-68-55(77)40-50(59(68)79)91-39-11-5-4-10-26-89-90(80,81)82-3/h6-9,12-15,48,50H,4-5,10-11,16-42,60-61H2,1-3H3,(H,62,71)(H,63,72)(H,64,74)(H,65,73)(H,66,78)(H,67,75)(H,80,81)/b57-56-. The summed E-state index contributed by atoms with van der Waals surface area (Å²) in [5.41, 5.74) is 9.35. The zero-order chi connectivity index (χ0) is 66.2. The summed E-state index contributed by atoms with van der Waals surface area (Å²) in [6.45, 7) is 6.74. The Balaban J connectivity index is 1.31. The minimum Gasteiger partial charge on any atom is -0.396 e. The van der Waals surface area contributed by atoms with Crippen LogP contribution in [-0.4, -0.2) is 224 Å². The van der Waals surface area contributed by atoms with E-state index in [0.717, 1.165) is 36.3 Å². The SMILES string of the molecule is COP(=O)(O)OCCCCCCSC1CC(=O)N(CCC(=O)NCCC(=O)N2Cc3ccccc3/C(N(N)CC(=O)NC(CCC(=O)NCCOCCOCCOCCNC(C)=O)C(=O)NCCOCCOCCOCCNC(C)=O)=C(/N)c3ccccc32)C1=O. The number of rotatable bonds is 48. The molecule has 9 amide bonds. The predicted octanol–water partition coefficient (Wildman–Crippen LogP) is 0.443. The van der Waals surface area contributed by atoms with E-state index in [2.05, 4.69) is 36.4 Å². The smallest absolute Gasteiger partial charge is 0.396 e. The molecular formula is C59H92N11O19PS. The lowest BCUT2D eigenvalue weighted by Crippen LogP contribution is -2.51. The van der Waals surface area contributed by atoms with Crippen LogP contribution >= 0.6 is 19.6 Å². The number of ether oxygens (including phenoxy) is 6. The fourth-order valence-electron chi connectivity index (χ4n) is 9.09. The highest BCUT2D eigenvalue weighted by molar-refractivity contribution is 8.00. The normalized spacial score (nSPS) is 15.5. The Hall–Kier alpha value is -6.61. The van der Waals surface area contributed by atoms with Gasteiger partial charge in [0.2, 0.25) is 53.2 Å². The quantitative estimate of drug-likeness (QED) is 0.0143. The van der Waals surface area contributed by atoms with Crippen LogP contribution in [0.5, 0.6) is 0 Å². The van der Waals surface area contributed by atoms with Gasteiger partial charge in [-0.2, -0.15) is 0 Å². The molecule has 0 spiro atoms. The predicted molar refractivity (Wildman–Crippen MR) is 337 cm³/mol. The number of para-hydroxylation sites is 1. The van der Waals surface area contributed by atoms with E-state index in [0.29, 0.717) is 93.9 Å². The summed E-state index contributed by atoms with van der Waals surface area (Å²) in [5.74, 6) is 3.94. The Morgan fingerprint density at radius 2 is 1.19 bits per heavy atom. The van der Waals surface area contributed by atoms with Gasteiger partial charge in [-0.3, -0.25) is 62.1 Å². The van der Waals surface area contributed by atoms with E-state index in [1.165, 1.54) is 25.6 Å². The molecule has 0 aromatic heterocycles. The first kappa shape index (κ1) is 76.8. The summed E-state index contributed by atoms with van der Waals surface area (Å²) in [6, 6.07) is 12.8. The molecule has 2 aliphatic rings. The van der Waals surface area contributed by atoms with E-state index >= 15 is 0 Å². The Morgan fingerprint density at radius 1 is 0.659 bits per heavy atom. The molecule has 3 atom stereocenters. The lowest BCUT2D eigenvalue weighted by molar-refractivity contribution is -0.139. The van der Waals surface area contributed by atoms with Crippen molar-refractivity contribution in [1.82, 2.24) is 41.8 Å². The van der Waals surface area contributed by atoms with Crippen LogP contribution < -0.4 is 48.4 Å². The van der Waals surface area contributed by atoms with Crippen LogP contribution in [0.1, 0.15) is 88.3 Å². The monoisotopic (exact) mass is 1320 g/mol. The van der Waals surface area contributed by atoms with Gasteiger partial charge in [-0.15, -0.1) is 11.8 Å². The summed E-state index contributed by atoms with van der Waals surface area (Å²) in [6.07, 6.45) is 2.36. The highest BCUT2D eigenvalue weighted by atomic mass is 32.2. The third kappa shape index (κ3) is 30.6. The third-order valence-corrected chi connectivity index (χ3v) is 15.9. The van der Waals surface area contributed by atoms with Crippen molar-refractivity contribution in [2.75, 3.05) is 149 Å². The zero-order valence-electron chi connectivity index (χ0n) is 52.3. The van der Waals surface area contributed by atoms with Crippen LogP contribution in [0.15, 0.2) is 48.5 Å². The molecule has 1 saturated heterocycles. The molecule has 2 aromatic rings. The fourth-order valence-corrected chi connectivity index (χ4v) is 10.7. The molecule has 0 bridgehead atoms. The number of likely N-dealkylation sites (tertiary alicyclic amines) is 1. The molecule has 508 valence electrons. The topological polar surface area (TPSA) is 399 Å². The average Bonchev–Trinajstić information content (AvgIpc) is 1.37. The molecule has 1 fully saturated rings. The summed E-state index contributed by atoms with van der Waals surface area (Å²) in [7, 11) is -2.92. The molecular weight excluding hydrogens is 1230 g/mol. The van der Waals surface area contributed by atoms with Crippen molar-refractivity contribution < 1.29 is 90.1 Å². The van der Waals surface area contributed by atoms with Gasteiger partial charge in [-0.05, 0) is 36.6 Å². The number of thioether (sulfide) groups is 1. The van der Waals surface area contributed by atoms with Crippen molar-refractivity contribution in [2.24, 2.45) is 11.6 Å². The molecule has 3 unspecified atom stereocenters. The number of hydrogen-bond donors (Lipinski definition) is 9. The minimum atomic E-state index is -4.01. The number of hydrogen-bond acceptors (Lipinski definition) is 22. The second kappa shape index (κ2) is 44.0. The number of imide groups is 1. The van der Waals surface area contributed by atoms with Crippen molar-refractivity contribution in [3.05, 3.63) is 65.2 Å². The van der Waals surface area contributed by atoms with Crippen LogP contribution in [0, 0.1) is 0 Å². The van der Waals surface area contributed by atoms with E-state index < -0.39 is 49.3 Å². The average molecular weight is 1320 g/mol. The van der Waals surface area contributed by atoms with E-state index in [1.807, 2.05) is 0 Å². The van der Waals surface area contributed by atoms with Gasteiger partial charge in [0.15, 0.2) is 0 Å². The molecule has 0 radical (unpaired) electrons. The maximum atomic E-state index is 14.2. The second-order valence-electron chi connectivity index (χ2n) is 20.7. The molecule has 11 N–H and O–H groups in total. The number of amides is 9. The first-order valence-electron chi connectivity index (χ1n) is 30.4. The largest absolute Gasteiger partial charge is 0.471 e. The molecule has 32 heteroatoms. The summed E-state index contributed by atoms with van der Waals surface area (Å²) in [4.78, 5) is 128. The third-order valence-electron chi connectivity index (χ3n) is 13.7. The molecule has 91 heavy (non-hydrogen) atoms. The van der Waals surface area contributed by atoms with Gasteiger partial charge in [0.1, 0.15) is 12.6 Å². The fraction of sp³-hybridized carbons (Fsp3) is 0.610. The summed E-state index contributed by atoms with van der Waals surface area (Å²) < 4.78 is 53.5. The highest BCUT2D eigenvalue weighted by Gasteiger charge is 2.39. The van der Waals surface area contributed by atoms with Crippen LogP contribution in [0.3, 0.4) is 0 Å². The Morgan fingerprint density at radius 3 is 1.79 bits per heavy atom. The number of nitrogens with one attached hydrogen (secondary N) is 6. The zero-order valence-corrected chi connectivity index (χ0v) is 54.1. The van der Waals surface area contributed by atoms with Gasteiger partial charge in [-0.1, -0.05) is 55.3 Å². The van der Waals surface area contributed by atoms with Gasteiger partial charge in [-0.25, -0.2) is 10.4 Å². The van der Waals surface area contributed by atoms with E-state index in [9.17, 15) is 52.6 Å². The lowest BCUT2D eigenvalue weighted by atomic mass is 9.95. The van der Waals surface area contributed by atoms with Gasteiger partial charge >= 0.3 is 7.82 Å². The number of phosphoric acid groups is 1. The molecule has 4 rings (SSSR count). The number of phosphoric ester groups is 1. The Bertz CT molecular complexity index is 2730. The van der Waals surface area contributed by atoms with Crippen molar-refractivity contribution in [2.45, 2.75) is 89.5 Å². The molecule has 30 nitrogen and oxygen atoms in total.